The second-order valence-electron chi connectivity index (χ2n) is 6.92. The van der Waals surface area contributed by atoms with Crippen LogP contribution in [0.3, 0.4) is 0 Å². The van der Waals surface area contributed by atoms with Crippen LogP contribution in [0.25, 0.3) is 27.7 Å². The van der Waals surface area contributed by atoms with E-state index in [0.29, 0.717) is 0 Å². The summed E-state index contributed by atoms with van der Waals surface area (Å²) in [5.74, 6) is -6.08. The van der Waals surface area contributed by atoms with Gasteiger partial charge in [0.25, 0.3) is 0 Å². The number of carboxylic acid groups (broad SMARTS) is 1. The van der Waals surface area contributed by atoms with Crippen LogP contribution in [0.5, 0.6) is 5.75 Å². The lowest BCUT2D eigenvalue weighted by atomic mass is 9.94. The van der Waals surface area contributed by atoms with Crippen LogP contribution in [0.2, 0.25) is 0 Å². The van der Waals surface area contributed by atoms with E-state index in [-0.39, 0.29) is 39.0 Å². The van der Waals surface area contributed by atoms with Crippen LogP contribution in [0.4, 0.5) is 13.2 Å². The summed E-state index contributed by atoms with van der Waals surface area (Å²) >= 11 is 0. The van der Waals surface area contributed by atoms with Gasteiger partial charge in [0.1, 0.15) is 23.9 Å². The van der Waals surface area contributed by atoms with Crippen LogP contribution in [0, 0.1) is 5.82 Å². The molecule has 0 radical (unpaired) electrons. The van der Waals surface area contributed by atoms with E-state index in [1.807, 2.05) is 0 Å². The van der Waals surface area contributed by atoms with Crippen molar-refractivity contribution < 1.29 is 33.3 Å². The van der Waals surface area contributed by atoms with Crippen LogP contribution in [0.1, 0.15) is 16.1 Å². The number of aromatic hydroxyl groups is 1. The number of aliphatic hydroxyl groups excluding tert-OH is 1. The van der Waals surface area contributed by atoms with Gasteiger partial charge in [-0.1, -0.05) is 24.3 Å². The lowest BCUT2D eigenvalue weighted by Crippen LogP contribution is -2.23. The number of phenolic OH excluding ortho intramolecular Hbond substituents is 1. The van der Waals surface area contributed by atoms with Gasteiger partial charge in [-0.15, -0.1) is 0 Å². The highest BCUT2D eigenvalue weighted by atomic mass is 19.3. The van der Waals surface area contributed by atoms with Gasteiger partial charge in [0.15, 0.2) is 0 Å². The Labute approximate surface area is 174 Å². The molecule has 0 unspecified atom stereocenters. The lowest BCUT2D eigenvalue weighted by molar-refractivity contribution is -0.0597. The van der Waals surface area contributed by atoms with Crippen molar-refractivity contribution in [3.05, 3.63) is 83.8 Å². The first-order valence-electron chi connectivity index (χ1n) is 9.20. The van der Waals surface area contributed by atoms with Gasteiger partial charge in [-0.3, -0.25) is 0 Å². The standard InChI is InChI=1S/C23H16F3NO4/c24-13-8-10-14(11-9-13)27-17-6-3-7-18(29)20(17)19(21(27)23(25,26)12-28)15-4-1-2-5-16(15)22(30)31/h1-11,28-29H,12H2,(H,30,31). The summed E-state index contributed by atoms with van der Waals surface area (Å²) in [6, 6.07) is 14.5. The summed E-state index contributed by atoms with van der Waals surface area (Å²) in [5.41, 5.74) is -0.949. The van der Waals surface area contributed by atoms with E-state index < -0.39 is 30.0 Å². The van der Waals surface area contributed by atoms with Crippen molar-refractivity contribution in [2.24, 2.45) is 0 Å². The normalized spacial score (nSPS) is 11.7. The molecule has 4 rings (SSSR count). The Bertz CT molecular complexity index is 1300. The van der Waals surface area contributed by atoms with Crippen LogP contribution < -0.4 is 0 Å². The first-order chi connectivity index (χ1) is 14.8. The molecule has 0 fully saturated rings. The number of carbonyl (C=O) groups is 1. The van der Waals surface area contributed by atoms with E-state index in [1.165, 1.54) is 54.6 Å². The number of benzene rings is 3. The Kier molecular flexibility index (Phi) is 4.94. The van der Waals surface area contributed by atoms with Gasteiger partial charge in [-0.05, 0) is 48.0 Å². The highest BCUT2D eigenvalue weighted by Crippen LogP contribution is 2.47. The molecule has 5 nitrogen and oxygen atoms in total. The highest BCUT2D eigenvalue weighted by molar-refractivity contribution is 6.08. The fourth-order valence-electron chi connectivity index (χ4n) is 3.75. The number of nitrogens with zero attached hydrogens (tertiary/aromatic N) is 1. The Balaban J connectivity index is 2.25. The van der Waals surface area contributed by atoms with E-state index in [1.54, 1.807) is 0 Å². The van der Waals surface area contributed by atoms with E-state index >= 15 is 8.78 Å². The minimum absolute atomic E-state index is 0.0105. The number of fused-ring (bicyclic) bond motifs is 1. The molecule has 4 aromatic rings. The number of rotatable bonds is 5. The molecule has 0 aliphatic rings. The Morgan fingerprint density at radius 1 is 0.968 bits per heavy atom. The fraction of sp³-hybridized carbons (Fsp3) is 0.0870. The maximum absolute atomic E-state index is 15.2. The van der Waals surface area contributed by atoms with E-state index in [2.05, 4.69) is 0 Å². The summed E-state index contributed by atoms with van der Waals surface area (Å²) in [6.45, 7) is -1.56. The van der Waals surface area contributed by atoms with E-state index in [9.17, 15) is 24.5 Å². The van der Waals surface area contributed by atoms with Gasteiger partial charge in [0.2, 0.25) is 0 Å². The van der Waals surface area contributed by atoms with Gasteiger partial charge in [0.05, 0.1) is 16.5 Å². The van der Waals surface area contributed by atoms with Crippen LogP contribution in [-0.2, 0) is 5.92 Å². The van der Waals surface area contributed by atoms with Gasteiger partial charge in [-0.25, -0.2) is 9.18 Å². The topological polar surface area (TPSA) is 82.7 Å². The van der Waals surface area contributed by atoms with Crippen molar-refractivity contribution in [2.45, 2.75) is 5.92 Å². The molecule has 1 heterocycles. The monoisotopic (exact) mass is 427 g/mol. The smallest absolute Gasteiger partial charge is 0.336 e. The van der Waals surface area contributed by atoms with Crippen molar-refractivity contribution in [3.63, 3.8) is 0 Å². The zero-order chi connectivity index (χ0) is 22.3. The number of halogens is 3. The van der Waals surface area contributed by atoms with Crippen molar-refractivity contribution >= 4 is 16.9 Å². The summed E-state index contributed by atoms with van der Waals surface area (Å²) in [7, 11) is 0. The number of aliphatic hydroxyl groups is 1. The van der Waals surface area contributed by atoms with Gasteiger partial charge >= 0.3 is 11.9 Å². The minimum Gasteiger partial charge on any atom is -0.507 e. The Morgan fingerprint density at radius 3 is 2.29 bits per heavy atom. The average molecular weight is 427 g/mol. The third-order valence-electron chi connectivity index (χ3n) is 5.03. The molecular weight excluding hydrogens is 411 g/mol. The van der Waals surface area contributed by atoms with Crippen LogP contribution in [-0.4, -0.2) is 32.5 Å². The van der Waals surface area contributed by atoms with Gasteiger partial charge < -0.3 is 19.9 Å². The summed E-state index contributed by atoms with van der Waals surface area (Å²) in [4.78, 5) is 11.8. The first kappa shape index (κ1) is 20.5. The molecule has 8 heteroatoms. The molecule has 3 aromatic carbocycles. The van der Waals surface area contributed by atoms with E-state index in [4.69, 9.17) is 0 Å². The molecule has 31 heavy (non-hydrogen) atoms. The summed E-state index contributed by atoms with van der Waals surface area (Å²) in [5, 5.41) is 29.7. The summed E-state index contributed by atoms with van der Waals surface area (Å²) in [6.07, 6.45) is 0. The van der Waals surface area contributed by atoms with Crippen LogP contribution >= 0.6 is 0 Å². The molecule has 1 aromatic heterocycles. The number of aromatic nitrogens is 1. The number of carboxylic acids is 1. The molecule has 0 atom stereocenters. The third kappa shape index (κ3) is 3.30. The van der Waals surface area contributed by atoms with Gasteiger partial charge in [-0.2, -0.15) is 8.78 Å². The second kappa shape index (κ2) is 7.48. The third-order valence-corrected chi connectivity index (χ3v) is 5.03. The number of aromatic carboxylic acids is 1. The average Bonchev–Trinajstić information content (AvgIpc) is 3.11. The maximum atomic E-state index is 15.2. The van der Waals surface area contributed by atoms with E-state index in [0.717, 1.165) is 16.7 Å². The van der Waals surface area contributed by atoms with Crippen molar-refractivity contribution in [1.82, 2.24) is 4.57 Å². The molecule has 0 aliphatic heterocycles. The zero-order valence-electron chi connectivity index (χ0n) is 15.9. The molecule has 0 spiro atoms. The fourth-order valence-corrected chi connectivity index (χ4v) is 3.75. The Hall–Kier alpha value is -3.78. The molecule has 0 aliphatic carbocycles. The zero-order valence-corrected chi connectivity index (χ0v) is 15.9. The highest BCUT2D eigenvalue weighted by Gasteiger charge is 2.40. The van der Waals surface area contributed by atoms with Crippen molar-refractivity contribution in [2.75, 3.05) is 6.61 Å². The second-order valence-corrected chi connectivity index (χ2v) is 6.92. The number of alkyl halides is 2. The predicted octanol–water partition coefficient (Wildman–Crippen LogP) is 4.92. The van der Waals surface area contributed by atoms with Crippen molar-refractivity contribution in [3.8, 4) is 22.6 Å². The molecule has 0 saturated heterocycles. The summed E-state index contributed by atoms with van der Waals surface area (Å²) < 4.78 is 45.0. The number of hydrogen-bond acceptors (Lipinski definition) is 3. The molecule has 158 valence electrons. The molecule has 0 bridgehead atoms. The number of phenols is 1. The minimum atomic E-state index is -3.82. The Morgan fingerprint density at radius 2 is 1.65 bits per heavy atom. The molecule has 3 N–H and O–H groups in total. The quantitative estimate of drug-likeness (QED) is 0.422. The molecule has 0 saturated carbocycles. The predicted molar refractivity (Wildman–Crippen MR) is 108 cm³/mol. The van der Waals surface area contributed by atoms with Crippen molar-refractivity contribution in [1.29, 1.82) is 0 Å². The maximum Gasteiger partial charge on any atom is 0.336 e. The SMILES string of the molecule is O=C(O)c1ccccc1-c1c(C(F)(F)CO)n(-c2ccc(F)cc2)c2cccc(O)c12. The van der Waals surface area contributed by atoms with Gasteiger partial charge in [0, 0.05) is 11.3 Å². The lowest BCUT2D eigenvalue weighted by Gasteiger charge is -2.20. The largest absolute Gasteiger partial charge is 0.507 e. The number of hydrogen-bond donors (Lipinski definition) is 3. The van der Waals surface area contributed by atoms with Crippen LogP contribution in [0.15, 0.2) is 66.7 Å². The molecular formula is C23H16F3NO4. The molecule has 0 amide bonds. The first-order valence-corrected chi connectivity index (χ1v) is 9.20.